The van der Waals surface area contributed by atoms with Crippen LogP contribution in [0.2, 0.25) is 0 Å². The largest absolute Gasteiger partial charge is 0.396 e. The van der Waals surface area contributed by atoms with E-state index in [0.717, 1.165) is 24.1 Å². The van der Waals surface area contributed by atoms with E-state index in [-0.39, 0.29) is 12.0 Å². The fraction of sp³-hybridized carbons (Fsp3) is 0.500. The zero-order valence-electron chi connectivity index (χ0n) is 11.2. The van der Waals surface area contributed by atoms with Crippen LogP contribution in [-0.2, 0) is 11.3 Å². The van der Waals surface area contributed by atoms with Crippen LogP contribution in [-0.4, -0.2) is 31.3 Å². The number of methoxy groups -OCH3 is 1. The summed E-state index contributed by atoms with van der Waals surface area (Å²) >= 11 is 0. The Balaban J connectivity index is 1.98. The molecule has 19 heavy (non-hydrogen) atoms. The highest BCUT2D eigenvalue weighted by atomic mass is 16.5. The van der Waals surface area contributed by atoms with E-state index in [1.165, 1.54) is 0 Å². The molecule has 5 nitrogen and oxygen atoms in total. The van der Waals surface area contributed by atoms with Crippen LogP contribution < -0.4 is 11.1 Å². The Morgan fingerprint density at radius 2 is 2.21 bits per heavy atom. The van der Waals surface area contributed by atoms with Crippen molar-refractivity contribution >= 4 is 11.6 Å². The lowest BCUT2D eigenvalue weighted by atomic mass is 10.1. The van der Waals surface area contributed by atoms with E-state index >= 15 is 0 Å². The molecule has 1 aliphatic rings. The SMILES string of the molecule is COCc1ccccc1NC(N)=NCC1(CO)CC1. The van der Waals surface area contributed by atoms with Crippen molar-refractivity contribution in [2.75, 3.05) is 25.6 Å². The number of aliphatic hydroxyl groups is 1. The quantitative estimate of drug-likeness (QED) is 0.534. The van der Waals surface area contributed by atoms with Gasteiger partial charge in [-0.1, -0.05) is 18.2 Å². The lowest BCUT2D eigenvalue weighted by Crippen LogP contribution is -2.25. The number of hydrogen-bond donors (Lipinski definition) is 3. The maximum absolute atomic E-state index is 9.23. The first kappa shape index (κ1) is 13.8. The van der Waals surface area contributed by atoms with Crippen LogP contribution in [0, 0.1) is 5.41 Å². The first-order valence-electron chi connectivity index (χ1n) is 6.44. The number of benzene rings is 1. The smallest absolute Gasteiger partial charge is 0.193 e. The van der Waals surface area contributed by atoms with E-state index in [0.29, 0.717) is 19.1 Å². The van der Waals surface area contributed by atoms with E-state index in [9.17, 15) is 5.11 Å². The molecule has 0 unspecified atom stereocenters. The number of guanidine groups is 1. The molecule has 0 atom stereocenters. The van der Waals surface area contributed by atoms with Gasteiger partial charge in [0.1, 0.15) is 0 Å². The van der Waals surface area contributed by atoms with Crippen LogP contribution in [0.25, 0.3) is 0 Å². The van der Waals surface area contributed by atoms with Crippen molar-refractivity contribution in [3.05, 3.63) is 29.8 Å². The van der Waals surface area contributed by atoms with Gasteiger partial charge < -0.3 is 20.9 Å². The van der Waals surface area contributed by atoms with Crippen LogP contribution in [0.4, 0.5) is 5.69 Å². The Hall–Kier alpha value is -1.59. The summed E-state index contributed by atoms with van der Waals surface area (Å²) in [4.78, 5) is 4.31. The number of nitrogens with two attached hydrogens (primary N) is 1. The molecule has 1 saturated carbocycles. The normalized spacial score (nSPS) is 17.3. The van der Waals surface area contributed by atoms with Crippen molar-refractivity contribution < 1.29 is 9.84 Å². The van der Waals surface area contributed by atoms with Crippen LogP contribution >= 0.6 is 0 Å². The Labute approximate surface area is 113 Å². The summed E-state index contributed by atoms with van der Waals surface area (Å²) in [6, 6.07) is 7.81. The van der Waals surface area contributed by atoms with E-state index in [2.05, 4.69) is 10.3 Å². The molecule has 0 saturated heterocycles. The predicted octanol–water partition coefficient (Wildman–Crippen LogP) is 1.33. The zero-order valence-corrected chi connectivity index (χ0v) is 11.2. The number of aliphatic hydroxyl groups excluding tert-OH is 1. The number of ether oxygens (including phenoxy) is 1. The topological polar surface area (TPSA) is 79.9 Å². The number of nitrogens with one attached hydrogen (secondary N) is 1. The van der Waals surface area contributed by atoms with Gasteiger partial charge >= 0.3 is 0 Å². The molecule has 0 amide bonds. The maximum Gasteiger partial charge on any atom is 0.193 e. The monoisotopic (exact) mass is 263 g/mol. The van der Waals surface area contributed by atoms with E-state index < -0.39 is 0 Å². The fourth-order valence-electron chi connectivity index (χ4n) is 1.90. The summed E-state index contributed by atoms with van der Waals surface area (Å²) in [5.74, 6) is 0.378. The van der Waals surface area contributed by atoms with E-state index in [1.807, 2.05) is 24.3 Å². The number of aliphatic imine (C=N–C) groups is 1. The molecule has 0 aromatic heterocycles. The van der Waals surface area contributed by atoms with Crippen molar-refractivity contribution in [2.24, 2.45) is 16.1 Å². The highest BCUT2D eigenvalue weighted by molar-refractivity contribution is 5.93. The molecule has 4 N–H and O–H groups in total. The number of anilines is 1. The van der Waals surface area contributed by atoms with Gasteiger partial charge in [0, 0.05) is 23.8 Å². The molecule has 1 aromatic carbocycles. The van der Waals surface area contributed by atoms with Crippen LogP contribution in [0.3, 0.4) is 0 Å². The molecule has 1 fully saturated rings. The molecule has 0 radical (unpaired) electrons. The molecule has 0 heterocycles. The summed E-state index contributed by atoms with van der Waals surface area (Å²) < 4.78 is 5.14. The molecular formula is C14H21N3O2. The van der Waals surface area contributed by atoms with E-state index in [1.54, 1.807) is 7.11 Å². The van der Waals surface area contributed by atoms with Gasteiger partial charge in [-0.25, -0.2) is 0 Å². The second kappa shape index (κ2) is 6.04. The standard InChI is InChI=1S/C14H21N3O2/c1-19-8-11-4-2-3-5-12(11)17-13(15)16-9-14(10-18)6-7-14/h2-5,18H,6-10H2,1H3,(H3,15,16,17). The van der Waals surface area contributed by atoms with Gasteiger partial charge in [-0.05, 0) is 18.9 Å². The van der Waals surface area contributed by atoms with E-state index in [4.69, 9.17) is 10.5 Å². The maximum atomic E-state index is 9.23. The molecule has 5 heteroatoms. The van der Waals surface area contributed by atoms with Gasteiger partial charge in [0.05, 0.1) is 19.8 Å². The van der Waals surface area contributed by atoms with Gasteiger partial charge in [0.25, 0.3) is 0 Å². The first-order valence-corrected chi connectivity index (χ1v) is 6.44. The third-order valence-electron chi connectivity index (χ3n) is 3.46. The van der Waals surface area contributed by atoms with Crippen molar-refractivity contribution in [1.82, 2.24) is 0 Å². The van der Waals surface area contributed by atoms with Gasteiger partial charge in [-0.2, -0.15) is 0 Å². The van der Waals surface area contributed by atoms with Crippen molar-refractivity contribution in [3.63, 3.8) is 0 Å². The Bertz CT molecular complexity index is 456. The van der Waals surface area contributed by atoms with Crippen molar-refractivity contribution in [2.45, 2.75) is 19.4 Å². The van der Waals surface area contributed by atoms with Crippen LogP contribution in [0.5, 0.6) is 0 Å². The summed E-state index contributed by atoms with van der Waals surface area (Å²) in [7, 11) is 1.66. The third-order valence-corrected chi connectivity index (χ3v) is 3.46. The second-order valence-corrected chi connectivity index (χ2v) is 5.07. The van der Waals surface area contributed by atoms with Gasteiger partial charge in [-0.3, -0.25) is 4.99 Å². The second-order valence-electron chi connectivity index (χ2n) is 5.07. The molecule has 0 aliphatic heterocycles. The molecule has 0 spiro atoms. The predicted molar refractivity (Wildman–Crippen MR) is 76.0 cm³/mol. The van der Waals surface area contributed by atoms with Crippen molar-refractivity contribution in [1.29, 1.82) is 0 Å². The van der Waals surface area contributed by atoms with Gasteiger partial charge in [-0.15, -0.1) is 0 Å². The minimum absolute atomic E-state index is 0.0155. The number of para-hydroxylation sites is 1. The lowest BCUT2D eigenvalue weighted by molar-refractivity contribution is 0.185. The number of nitrogens with zero attached hydrogens (tertiary/aromatic N) is 1. The average molecular weight is 263 g/mol. The molecule has 104 valence electrons. The Morgan fingerprint density at radius 3 is 2.84 bits per heavy atom. The Kier molecular flexibility index (Phi) is 4.39. The van der Waals surface area contributed by atoms with Crippen molar-refractivity contribution in [3.8, 4) is 0 Å². The lowest BCUT2D eigenvalue weighted by Gasteiger charge is -2.12. The molecule has 1 aliphatic carbocycles. The molecule has 2 rings (SSSR count). The first-order chi connectivity index (χ1) is 9.19. The van der Waals surface area contributed by atoms with Gasteiger partial charge in [0.2, 0.25) is 0 Å². The highest BCUT2D eigenvalue weighted by Gasteiger charge is 2.41. The minimum atomic E-state index is -0.0155. The van der Waals surface area contributed by atoms with Crippen LogP contribution in [0.15, 0.2) is 29.3 Å². The summed E-state index contributed by atoms with van der Waals surface area (Å²) in [6.07, 6.45) is 2.06. The third kappa shape index (κ3) is 3.68. The zero-order chi connectivity index (χ0) is 13.7. The van der Waals surface area contributed by atoms with Gasteiger partial charge in [0.15, 0.2) is 5.96 Å². The summed E-state index contributed by atoms with van der Waals surface area (Å²) in [5, 5.41) is 12.3. The fourth-order valence-corrected chi connectivity index (χ4v) is 1.90. The summed E-state index contributed by atoms with van der Waals surface area (Å²) in [5.41, 5.74) is 7.80. The Morgan fingerprint density at radius 1 is 1.47 bits per heavy atom. The highest BCUT2D eigenvalue weighted by Crippen LogP contribution is 2.45. The number of rotatable bonds is 6. The number of hydrogen-bond acceptors (Lipinski definition) is 3. The molecular weight excluding hydrogens is 242 g/mol. The van der Waals surface area contributed by atoms with Crippen LogP contribution in [0.1, 0.15) is 18.4 Å². The molecule has 0 bridgehead atoms. The minimum Gasteiger partial charge on any atom is -0.396 e. The summed E-state index contributed by atoms with van der Waals surface area (Å²) in [6.45, 7) is 1.29. The molecule has 1 aromatic rings. The average Bonchev–Trinajstić information content (AvgIpc) is 3.20.